The summed E-state index contributed by atoms with van der Waals surface area (Å²) in [5.74, 6) is 0. The van der Waals surface area contributed by atoms with Crippen LogP contribution in [0.25, 0.3) is 0 Å². The largest absolute Gasteiger partial charge is 0.444 e. The zero-order valence-electron chi connectivity index (χ0n) is 9.60. The van der Waals surface area contributed by atoms with Crippen molar-refractivity contribution >= 4 is 6.09 Å². The normalized spacial score (nSPS) is 12.2. The van der Waals surface area contributed by atoms with Crippen molar-refractivity contribution in [1.29, 1.82) is 0 Å². The zero-order chi connectivity index (χ0) is 11.2. The lowest BCUT2D eigenvalue weighted by atomic mass is 10.2. The number of hydrogen-bond acceptors (Lipinski definition) is 3. The summed E-state index contributed by atoms with van der Waals surface area (Å²) in [5, 5.41) is 5.52. The van der Waals surface area contributed by atoms with Crippen LogP contribution in [0.5, 0.6) is 0 Å². The smallest absolute Gasteiger partial charge is 0.411 e. The maximum absolute atomic E-state index is 11.3. The third kappa shape index (κ3) is 6.34. The topological polar surface area (TPSA) is 50.4 Å². The Kier molecular flexibility index (Phi) is 5.05. The van der Waals surface area contributed by atoms with Crippen LogP contribution in [-0.4, -0.2) is 18.7 Å². The van der Waals surface area contributed by atoms with Gasteiger partial charge in [-0.2, -0.15) is 0 Å². The monoisotopic (exact) mass is 200 g/mol. The van der Waals surface area contributed by atoms with E-state index in [0.717, 1.165) is 12.1 Å². The fraction of sp³-hybridized carbons (Fsp3) is 0.700. The van der Waals surface area contributed by atoms with Gasteiger partial charge in [0.2, 0.25) is 0 Å². The Labute approximate surface area is 85.7 Å². The number of hydrogen-bond donors (Lipinski definition) is 2. The van der Waals surface area contributed by atoms with Crippen LogP contribution in [-0.2, 0) is 4.74 Å². The Morgan fingerprint density at radius 3 is 2.36 bits per heavy atom. The van der Waals surface area contributed by atoms with E-state index in [1.54, 1.807) is 13.2 Å². The second-order valence-corrected chi connectivity index (χ2v) is 3.94. The van der Waals surface area contributed by atoms with Crippen LogP contribution in [0.2, 0.25) is 0 Å². The molecule has 0 spiro atoms. The van der Waals surface area contributed by atoms with Gasteiger partial charge in [0.05, 0.1) is 0 Å². The number of allylic oxidation sites excluding steroid dienone is 1. The predicted octanol–water partition coefficient (Wildman–Crippen LogP) is 1.98. The first-order valence-corrected chi connectivity index (χ1v) is 4.75. The highest BCUT2D eigenvalue weighted by molar-refractivity contribution is 5.69. The summed E-state index contributed by atoms with van der Waals surface area (Å²) in [4.78, 5) is 11.3. The van der Waals surface area contributed by atoms with Gasteiger partial charge in [-0.3, -0.25) is 5.32 Å². The van der Waals surface area contributed by atoms with E-state index in [2.05, 4.69) is 10.6 Å². The van der Waals surface area contributed by atoms with Crippen molar-refractivity contribution < 1.29 is 9.53 Å². The van der Waals surface area contributed by atoms with Gasteiger partial charge in [0.15, 0.2) is 0 Å². The van der Waals surface area contributed by atoms with E-state index < -0.39 is 11.7 Å². The van der Waals surface area contributed by atoms with Crippen molar-refractivity contribution in [1.82, 2.24) is 10.6 Å². The number of carbonyl (C=O) groups excluding carboxylic acids is 1. The summed E-state index contributed by atoms with van der Waals surface area (Å²) in [6.07, 6.45) is 2.07. The first-order chi connectivity index (χ1) is 6.39. The molecule has 0 aliphatic rings. The average Bonchev–Trinajstić information content (AvgIpc) is 2.00. The summed E-state index contributed by atoms with van der Waals surface area (Å²) in [5.41, 5.74) is 0.351. The zero-order valence-corrected chi connectivity index (χ0v) is 9.60. The summed E-state index contributed by atoms with van der Waals surface area (Å²) in [7, 11) is 1.78. The lowest BCUT2D eigenvalue weighted by molar-refractivity contribution is 0.0544. The molecule has 82 valence electrons. The Morgan fingerprint density at radius 1 is 1.43 bits per heavy atom. The molecule has 0 aromatic carbocycles. The molecule has 0 radical (unpaired) electrons. The molecule has 0 saturated heterocycles. The van der Waals surface area contributed by atoms with Gasteiger partial charge < -0.3 is 10.1 Å². The van der Waals surface area contributed by atoms with Crippen LogP contribution in [0.15, 0.2) is 11.9 Å². The first kappa shape index (κ1) is 12.8. The molecule has 0 unspecified atom stereocenters. The molecule has 0 heterocycles. The molecule has 4 nitrogen and oxygen atoms in total. The Balaban J connectivity index is 4.11. The van der Waals surface area contributed by atoms with E-state index >= 15 is 0 Å². The molecular formula is C10H20N2O2. The molecule has 0 fully saturated rings. The molecule has 2 N–H and O–H groups in total. The summed E-state index contributed by atoms with van der Waals surface area (Å²) < 4.78 is 5.10. The van der Waals surface area contributed by atoms with Gasteiger partial charge in [0.1, 0.15) is 5.60 Å². The SMILES string of the molecule is CC/C(=C\NC)NC(=O)OC(C)(C)C. The molecule has 0 aliphatic carbocycles. The quantitative estimate of drug-likeness (QED) is 0.732. The van der Waals surface area contributed by atoms with Gasteiger partial charge in [0, 0.05) is 18.9 Å². The van der Waals surface area contributed by atoms with E-state index in [1.807, 2.05) is 27.7 Å². The van der Waals surface area contributed by atoms with Crippen molar-refractivity contribution in [3.8, 4) is 0 Å². The van der Waals surface area contributed by atoms with E-state index in [1.165, 1.54) is 0 Å². The van der Waals surface area contributed by atoms with Gasteiger partial charge in [0.25, 0.3) is 0 Å². The minimum Gasteiger partial charge on any atom is -0.444 e. The Morgan fingerprint density at radius 2 is 2.00 bits per heavy atom. The van der Waals surface area contributed by atoms with Crippen molar-refractivity contribution in [3.05, 3.63) is 11.9 Å². The van der Waals surface area contributed by atoms with E-state index in [-0.39, 0.29) is 0 Å². The molecule has 0 bridgehead atoms. The van der Waals surface area contributed by atoms with E-state index in [4.69, 9.17) is 4.74 Å². The van der Waals surface area contributed by atoms with Crippen LogP contribution >= 0.6 is 0 Å². The number of amides is 1. The molecule has 0 saturated carbocycles. The number of rotatable bonds is 3. The molecule has 0 rings (SSSR count). The Hall–Kier alpha value is -1.19. The number of ether oxygens (including phenoxy) is 1. The third-order valence-electron chi connectivity index (χ3n) is 1.36. The summed E-state index contributed by atoms with van der Waals surface area (Å²) in [6.45, 7) is 7.46. The van der Waals surface area contributed by atoms with Crippen LogP contribution < -0.4 is 10.6 Å². The maximum Gasteiger partial charge on any atom is 0.411 e. The molecule has 0 aliphatic heterocycles. The highest BCUT2D eigenvalue weighted by Gasteiger charge is 2.16. The van der Waals surface area contributed by atoms with E-state index in [0.29, 0.717) is 0 Å². The lowest BCUT2D eigenvalue weighted by Gasteiger charge is -2.20. The lowest BCUT2D eigenvalue weighted by Crippen LogP contribution is -2.32. The van der Waals surface area contributed by atoms with Crippen LogP contribution in [0, 0.1) is 0 Å². The van der Waals surface area contributed by atoms with Crippen LogP contribution in [0.1, 0.15) is 34.1 Å². The van der Waals surface area contributed by atoms with Crippen molar-refractivity contribution in [3.63, 3.8) is 0 Å². The molecule has 0 atom stereocenters. The fourth-order valence-corrected chi connectivity index (χ4v) is 0.835. The van der Waals surface area contributed by atoms with Gasteiger partial charge in [-0.05, 0) is 27.2 Å². The van der Waals surface area contributed by atoms with Gasteiger partial charge in [-0.1, -0.05) is 6.92 Å². The van der Waals surface area contributed by atoms with E-state index in [9.17, 15) is 4.79 Å². The minimum absolute atomic E-state index is 0.416. The first-order valence-electron chi connectivity index (χ1n) is 4.75. The molecule has 4 heteroatoms. The second-order valence-electron chi connectivity index (χ2n) is 3.94. The summed E-state index contributed by atoms with van der Waals surface area (Å²) in [6, 6.07) is 0. The molecule has 0 aromatic heterocycles. The van der Waals surface area contributed by atoms with Crippen LogP contribution in [0.4, 0.5) is 4.79 Å². The third-order valence-corrected chi connectivity index (χ3v) is 1.36. The van der Waals surface area contributed by atoms with Gasteiger partial charge in [-0.15, -0.1) is 0 Å². The molecule has 14 heavy (non-hydrogen) atoms. The number of alkyl carbamates (subject to hydrolysis) is 1. The number of nitrogens with one attached hydrogen (secondary N) is 2. The number of carbonyl (C=O) groups is 1. The van der Waals surface area contributed by atoms with Crippen molar-refractivity contribution in [2.24, 2.45) is 0 Å². The summed E-state index contributed by atoms with van der Waals surface area (Å²) >= 11 is 0. The highest BCUT2D eigenvalue weighted by Crippen LogP contribution is 2.07. The van der Waals surface area contributed by atoms with Crippen molar-refractivity contribution in [2.45, 2.75) is 39.7 Å². The van der Waals surface area contributed by atoms with Gasteiger partial charge in [-0.25, -0.2) is 4.79 Å². The molecule has 1 amide bonds. The van der Waals surface area contributed by atoms with Gasteiger partial charge >= 0.3 is 6.09 Å². The fourth-order valence-electron chi connectivity index (χ4n) is 0.835. The maximum atomic E-state index is 11.3. The van der Waals surface area contributed by atoms with Crippen molar-refractivity contribution in [2.75, 3.05) is 7.05 Å². The average molecular weight is 200 g/mol. The predicted molar refractivity (Wildman–Crippen MR) is 56.8 cm³/mol. The standard InChI is InChI=1S/C10H20N2O2/c1-6-8(7-11-5)12-9(13)14-10(2,3)4/h7,11H,6H2,1-5H3,(H,12,13)/b8-7+. The second kappa shape index (κ2) is 5.52. The van der Waals surface area contributed by atoms with Crippen LogP contribution in [0.3, 0.4) is 0 Å². The molecular weight excluding hydrogens is 180 g/mol. The molecule has 0 aromatic rings. The highest BCUT2D eigenvalue weighted by atomic mass is 16.6. The minimum atomic E-state index is -0.456. The Bertz CT molecular complexity index is 217.